The summed E-state index contributed by atoms with van der Waals surface area (Å²) in [6.45, 7) is 20.8. The van der Waals surface area contributed by atoms with Crippen LogP contribution in [-0.4, -0.2) is 84.6 Å². The lowest BCUT2D eigenvalue weighted by molar-refractivity contribution is -0.156. The molecule has 0 amide bonds. The van der Waals surface area contributed by atoms with E-state index in [-0.39, 0.29) is 59.4 Å². The van der Waals surface area contributed by atoms with E-state index in [1.54, 1.807) is 20.1 Å². The molecule has 3 unspecified atom stereocenters. The molecule has 3 N–H and O–H groups in total. The fraction of sp³-hybridized carbons (Fsp3) is 0.784. The van der Waals surface area contributed by atoms with Crippen LogP contribution in [-0.2, 0) is 28.5 Å². The minimum Gasteiger partial charge on any atom is -0.457 e. The molecule has 10 heteroatoms. The van der Waals surface area contributed by atoms with Crippen LogP contribution >= 0.6 is 0 Å². The molecule has 0 bridgehead atoms. The van der Waals surface area contributed by atoms with E-state index >= 15 is 0 Å². The van der Waals surface area contributed by atoms with Crippen molar-refractivity contribution in [2.45, 2.75) is 155 Å². The molecule has 2 aliphatic rings. The molecular weight excluding hydrogens is 616 g/mol. The molecular formula is C37H64O9Si. The normalized spacial score (nSPS) is 33.2. The fourth-order valence-corrected chi connectivity index (χ4v) is 7.33. The van der Waals surface area contributed by atoms with Gasteiger partial charge in [-0.2, -0.15) is 0 Å². The van der Waals surface area contributed by atoms with Crippen LogP contribution in [0.5, 0.6) is 0 Å². The lowest BCUT2D eigenvalue weighted by Gasteiger charge is -2.39. The third kappa shape index (κ3) is 11.9. The zero-order chi connectivity index (χ0) is 35.9. The van der Waals surface area contributed by atoms with Gasteiger partial charge in [0.15, 0.2) is 8.32 Å². The minimum absolute atomic E-state index is 0.0388. The van der Waals surface area contributed by atoms with Crippen LogP contribution in [0, 0.1) is 23.7 Å². The Hall–Kier alpha value is -1.82. The number of cyclic esters (lactones) is 1. The second-order valence-corrected chi connectivity index (χ2v) is 20.0. The van der Waals surface area contributed by atoms with Crippen LogP contribution in [0.25, 0.3) is 0 Å². The monoisotopic (exact) mass is 680 g/mol. The van der Waals surface area contributed by atoms with Gasteiger partial charge in [-0.05, 0) is 75.2 Å². The van der Waals surface area contributed by atoms with Gasteiger partial charge in [0.05, 0.1) is 18.3 Å². The van der Waals surface area contributed by atoms with Gasteiger partial charge in [-0.3, -0.25) is 9.59 Å². The smallest absolute Gasteiger partial charge is 0.306 e. The Labute approximate surface area is 284 Å². The van der Waals surface area contributed by atoms with Gasteiger partial charge in [0.2, 0.25) is 0 Å². The van der Waals surface area contributed by atoms with Crippen molar-refractivity contribution in [1.82, 2.24) is 0 Å². The van der Waals surface area contributed by atoms with E-state index in [2.05, 4.69) is 13.8 Å². The Morgan fingerprint density at radius 1 is 1.21 bits per heavy atom. The number of methoxy groups -OCH3 is 1. The molecule has 1 fully saturated rings. The van der Waals surface area contributed by atoms with E-state index in [1.807, 2.05) is 72.0 Å². The lowest BCUT2D eigenvalue weighted by atomic mass is 9.83. The molecule has 0 saturated carbocycles. The summed E-state index contributed by atoms with van der Waals surface area (Å²) in [7, 11) is -0.868. The molecule has 270 valence electrons. The fourth-order valence-electron chi connectivity index (χ4n) is 6.55. The number of hydrogen-bond acceptors (Lipinski definition) is 9. The van der Waals surface area contributed by atoms with Gasteiger partial charge in [0.25, 0.3) is 0 Å². The van der Waals surface area contributed by atoms with Crippen molar-refractivity contribution in [3.8, 4) is 0 Å². The summed E-state index contributed by atoms with van der Waals surface area (Å²) >= 11 is 0. The Bertz CT molecular complexity index is 1120. The van der Waals surface area contributed by atoms with Crippen LogP contribution in [0.2, 0.25) is 18.1 Å². The molecule has 1 saturated heterocycles. The number of esters is 2. The SMILES string of the molecule is CC[C@H](OC)[C@@H](C)[C@H]1O[C@@H]1C(O)C(C)/C=C/C=C(\C)C1OC(=O)C[C@H](CC(C)(C)[Si](C)(C)O)CC[C@@](C)(O)[C@@H](OC(C)=O)/C=C/[C@@H]1C. The molecule has 2 aliphatic heterocycles. The molecule has 9 nitrogen and oxygen atoms in total. The van der Waals surface area contributed by atoms with Crippen LogP contribution in [0.4, 0.5) is 0 Å². The maximum atomic E-state index is 13.5. The first-order chi connectivity index (χ1) is 21.6. The maximum Gasteiger partial charge on any atom is 0.306 e. The van der Waals surface area contributed by atoms with Crippen molar-refractivity contribution in [3.05, 3.63) is 36.0 Å². The number of aliphatic hydroxyl groups excluding tert-OH is 1. The number of ether oxygens (including phenoxy) is 4. The molecule has 0 spiro atoms. The van der Waals surface area contributed by atoms with E-state index in [9.17, 15) is 24.6 Å². The largest absolute Gasteiger partial charge is 0.457 e. The summed E-state index contributed by atoms with van der Waals surface area (Å²) in [5.41, 5.74) is -0.551. The van der Waals surface area contributed by atoms with Crippen LogP contribution in [0.3, 0.4) is 0 Å². The van der Waals surface area contributed by atoms with E-state index in [1.165, 1.54) is 6.92 Å². The molecule has 0 aromatic rings. The summed E-state index contributed by atoms with van der Waals surface area (Å²) < 4.78 is 23.1. The topological polar surface area (TPSA) is 135 Å². The molecule has 0 radical (unpaired) electrons. The predicted molar refractivity (Wildman–Crippen MR) is 187 cm³/mol. The Morgan fingerprint density at radius 2 is 1.85 bits per heavy atom. The Balaban J connectivity index is 2.31. The number of epoxide rings is 1. The van der Waals surface area contributed by atoms with Crippen molar-refractivity contribution in [1.29, 1.82) is 0 Å². The van der Waals surface area contributed by atoms with Crippen molar-refractivity contribution < 1.29 is 43.5 Å². The van der Waals surface area contributed by atoms with E-state index in [4.69, 9.17) is 18.9 Å². The van der Waals surface area contributed by atoms with Gasteiger partial charge in [0.1, 0.15) is 23.9 Å². The summed E-state index contributed by atoms with van der Waals surface area (Å²) in [6.07, 6.45) is 9.27. The molecule has 0 aromatic heterocycles. The predicted octanol–water partition coefficient (Wildman–Crippen LogP) is 6.27. The number of aliphatic hydroxyl groups is 2. The first-order valence-corrected chi connectivity index (χ1v) is 20.3. The molecule has 11 atom stereocenters. The van der Waals surface area contributed by atoms with Crippen LogP contribution < -0.4 is 0 Å². The van der Waals surface area contributed by atoms with E-state index in [0.717, 1.165) is 12.0 Å². The Kier molecular flexibility index (Phi) is 15.1. The number of carbonyl (C=O) groups excluding carboxylic acids is 2. The van der Waals surface area contributed by atoms with E-state index in [0.29, 0.717) is 19.3 Å². The number of carbonyl (C=O) groups is 2. The maximum absolute atomic E-state index is 13.5. The molecule has 2 rings (SSSR count). The third-order valence-corrected chi connectivity index (χ3v) is 14.2. The van der Waals surface area contributed by atoms with Gasteiger partial charge in [-0.25, -0.2) is 0 Å². The summed E-state index contributed by atoms with van der Waals surface area (Å²) in [6, 6.07) is 0. The molecule has 0 aliphatic carbocycles. The highest BCUT2D eigenvalue weighted by atomic mass is 28.4. The number of allylic oxidation sites excluding steroid dienone is 2. The van der Waals surface area contributed by atoms with Crippen molar-refractivity contribution in [2.75, 3.05) is 7.11 Å². The summed E-state index contributed by atoms with van der Waals surface area (Å²) in [5, 5.41) is 22.1. The zero-order valence-electron chi connectivity index (χ0n) is 31.0. The average molecular weight is 681 g/mol. The van der Waals surface area contributed by atoms with Crippen molar-refractivity contribution >= 4 is 20.3 Å². The minimum atomic E-state index is -2.57. The van der Waals surface area contributed by atoms with Gasteiger partial charge < -0.3 is 34.0 Å². The van der Waals surface area contributed by atoms with Crippen LogP contribution in [0.1, 0.15) is 94.4 Å². The van der Waals surface area contributed by atoms with Gasteiger partial charge in [-0.1, -0.05) is 65.8 Å². The summed E-state index contributed by atoms with van der Waals surface area (Å²) in [5.74, 6) is -1.27. The number of hydrogen-bond donors (Lipinski definition) is 3. The zero-order valence-corrected chi connectivity index (χ0v) is 32.0. The highest BCUT2D eigenvalue weighted by molar-refractivity contribution is 6.72. The highest BCUT2D eigenvalue weighted by Crippen LogP contribution is 2.44. The lowest BCUT2D eigenvalue weighted by Crippen LogP contribution is -2.43. The van der Waals surface area contributed by atoms with Gasteiger partial charge in [0, 0.05) is 38.2 Å². The first-order valence-electron chi connectivity index (χ1n) is 17.4. The highest BCUT2D eigenvalue weighted by Gasteiger charge is 2.50. The van der Waals surface area contributed by atoms with E-state index < -0.39 is 38.2 Å². The van der Waals surface area contributed by atoms with Gasteiger partial charge >= 0.3 is 11.9 Å². The van der Waals surface area contributed by atoms with Crippen molar-refractivity contribution in [2.24, 2.45) is 23.7 Å². The third-order valence-electron chi connectivity index (χ3n) is 10.7. The van der Waals surface area contributed by atoms with Gasteiger partial charge in [-0.15, -0.1) is 0 Å². The standard InChI is InChI=1S/C37H64O9Si/c1-13-29(43-10)26(5)34-35(46-34)32(40)23(2)15-14-16-24(3)33-25(4)17-18-30(44-27(6)38)37(9,41)20-19-28(21-31(39)45-33)22-36(7,8)47(11,12)42/h14-18,23,25-26,28-30,32-35,40-42H,13,19-22H2,1-12H3/b15-14+,18-17+,24-16+/t23?,25-,26+,28+,29-,30-,32?,33?,34+,35+,37+/m0/s1. The van der Waals surface area contributed by atoms with Crippen molar-refractivity contribution in [3.63, 3.8) is 0 Å². The second-order valence-electron chi connectivity index (χ2n) is 15.5. The quantitative estimate of drug-likeness (QED) is 0.0677. The molecule has 2 heterocycles. The van der Waals surface area contributed by atoms with Crippen LogP contribution in [0.15, 0.2) is 36.0 Å². The second kappa shape index (κ2) is 17.2. The summed E-state index contributed by atoms with van der Waals surface area (Å²) in [4.78, 5) is 36.5. The molecule has 47 heavy (non-hydrogen) atoms. The Morgan fingerprint density at radius 3 is 2.40 bits per heavy atom. The number of rotatable bonds is 13. The first kappa shape index (κ1) is 41.3. The average Bonchev–Trinajstić information content (AvgIpc) is 3.76. The molecule has 0 aromatic carbocycles.